The zero-order valence-electron chi connectivity index (χ0n) is 5.51. The van der Waals surface area contributed by atoms with Crippen LogP contribution in [-0.4, -0.2) is 4.92 Å². The lowest BCUT2D eigenvalue weighted by atomic mass is 10.1. The highest BCUT2D eigenvalue weighted by Crippen LogP contribution is 2.29. The fraction of sp³-hybridized carbons (Fsp3) is 0.333. The minimum Gasteiger partial charge on any atom is -0.258 e. The Morgan fingerprint density at radius 1 is 1.64 bits per heavy atom. The summed E-state index contributed by atoms with van der Waals surface area (Å²) in [7, 11) is 0. The van der Waals surface area contributed by atoms with Gasteiger partial charge in [0, 0.05) is 11.1 Å². The maximum atomic E-state index is 10.3. The first kappa shape index (κ1) is 8.74. The quantitative estimate of drug-likeness (QED) is 0.521. The Morgan fingerprint density at radius 3 is 2.73 bits per heavy atom. The van der Waals surface area contributed by atoms with Crippen LogP contribution in [0.4, 0.5) is 0 Å². The molecule has 0 atom stereocenters. The molecule has 0 spiro atoms. The number of hydrogen-bond donors (Lipinski definition) is 0. The third kappa shape index (κ3) is 2.04. The molecule has 0 N–H and O–H groups in total. The molecule has 0 unspecified atom stereocenters. The van der Waals surface area contributed by atoms with Gasteiger partial charge in [0.1, 0.15) is 0 Å². The van der Waals surface area contributed by atoms with Crippen LogP contribution in [0.1, 0.15) is 12.8 Å². The Hall–Kier alpha value is -0.350. The van der Waals surface area contributed by atoms with Crippen LogP contribution in [0.15, 0.2) is 21.3 Å². The Labute approximate surface area is 77.0 Å². The molecule has 5 heteroatoms. The van der Waals surface area contributed by atoms with Crippen LogP contribution in [0.25, 0.3) is 0 Å². The van der Waals surface area contributed by atoms with Crippen molar-refractivity contribution in [2.45, 2.75) is 12.8 Å². The molecular formula is C6H5BrClNO2. The highest BCUT2D eigenvalue weighted by molar-refractivity contribution is 9.11. The van der Waals surface area contributed by atoms with E-state index in [1.807, 2.05) is 0 Å². The molecule has 3 nitrogen and oxygen atoms in total. The standard InChI is InChI=1S/C6H5BrClNO2/c7-5-2-1-4(8)3-6(5)9(10)11/h3H,1-2H2. The van der Waals surface area contributed by atoms with Gasteiger partial charge in [-0.2, -0.15) is 0 Å². The van der Waals surface area contributed by atoms with Crippen LogP contribution in [0.3, 0.4) is 0 Å². The highest BCUT2D eigenvalue weighted by atomic mass is 79.9. The molecule has 11 heavy (non-hydrogen) atoms. The fourth-order valence-electron chi connectivity index (χ4n) is 0.808. The molecule has 0 saturated carbocycles. The summed E-state index contributed by atoms with van der Waals surface area (Å²) in [5.41, 5.74) is 0.0706. The summed E-state index contributed by atoms with van der Waals surface area (Å²) in [5.74, 6) is 0. The van der Waals surface area contributed by atoms with E-state index in [2.05, 4.69) is 15.9 Å². The van der Waals surface area contributed by atoms with Crippen molar-refractivity contribution in [2.24, 2.45) is 0 Å². The van der Waals surface area contributed by atoms with Gasteiger partial charge in [0.05, 0.1) is 9.41 Å². The molecule has 0 aromatic heterocycles. The molecule has 60 valence electrons. The average Bonchev–Trinajstić information content (AvgIpc) is 1.94. The lowest BCUT2D eigenvalue weighted by Gasteiger charge is -2.05. The third-order valence-corrected chi connectivity index (χ3v) is 2.45. The molecule has 0 amide bonds. The normalized spacial score (nSPS) is 18.2. The summed E-state index contributed by atoms with van der Waals surface area (Å²) >= 11 is 8.74. The van der Waals surface area contributed by atoms with E-state index < -0.39 is 4.92 Å². The van der Waals surface area contributed by atoms with E-state index in [1.54, 1.807) is 0 Å². The van der Waals surface area contributed by atoms with Gasteiger partial charge in [-0.25, -0.2) is 0 Å². The van der Waals surface area contributed by atoms with Crippen LogP contribution < -0.4 is 0 Å². The largest absolute Gasteiger partial charge is 0.280 e. The van der Waals surface area contributed by atoms with Crippen molar-refractivity contribution in [1.29, 1.82) is 0 Å². The summed E-state index contributed by atoms with van der Waals surface area (Å²) in [6.07, 6.45) is 2.68. The Kier molecular flexibility index (Phi) is 2.67. The van der Waals surface area contributed by atoms with Crippen LogP contribution in [0.5, 0.6) is 0 Å². The molecule has 0 heterocycles. The lowest BCUT2D eigenvalue weighted by molar-refractivity contribution is -0.419. The predicted octanol–water partition coefficient (Wildman–Crippen LogP) is 2.79. The number of nitrogens with zero attached hydrogens (tertiary/aromatic N) is 1. The van der Waals surface area contributed by atoms with Gasteiger partial charge in [-0.1, -0.05) is 11.6 Å². The van der Waals surface area contributed by atoms with Gasteiger partial charge in [-0.05, 0) is 28.8 Å². The summed E-state index contributed by atoms with van der Waals surface area (Å²) in [4.78, 5) is 9.89. The van der Waals surface area contributed by atoms with Gasteiger partial charge >= 0.3 is 0 Å². The molecule has 1 rings (SSSR count). The molecule has 1 aliphatic carbocycles. The summed E-state index contributed by atoms with van der Waals surface area (Å²) in [5, 5.41) is 10.9. The van der Waals surface area contributed by atoms with Gasteiger partial charge in [-0.3, -0.25) is 10.1 Å². The minimum absolute atomic E-state index is 0.0706. The van der Waals surface area contributed by atoms with Crippen molar-refractivity contribution in [2.75, 3.05) is 0 Å². The van der Waals surface area contributed by atoms with E-state index in [0.717, 1.165) is 0 Å². The first-order valence-corrected chi connectivity index (χ1v) is 4.17. The van der Waals surface area contributed by atoms with Gasteiger partial charge in [0.2, 0.25) is 0 Å². The molecule has 0 aliphatic heterocycles. The van der Waals surface area contributed by atoms with Gasteiger partial charge in [0.15, 0.2) is 0 Å². The van der Waals surface area contributed by atoms with Gasteiger partial charge < -0.3 is 0 Å². The highest BCUT2D eigenvalue weighted by Gasteiger charge is 2.18. The average molecular weight is 238 g/mol. The van der Waals surface area contributed by atoms with Crippen molar-refractivity contribution >= 4 is 27.5 Å². The lowest BCUT2D eigenvalue weighted by Crippen LogP contribution is -2.02. The number of nitro groups is 1. The van der Waals surface area contributed by atoms with Crippen LogP contribution in [0, 0.1) is 10.1 Å². The molecule has 0 fully saturated rings. The fourth-order valence-corrected chi connectivity index (χ4v) is 1.46. The van der Waals surface area contributed by atoms with Crippen molar-refractivity contribution in [3.8, 4) is 0 Å². The summed E-state index contributed by atoms with van der Waals surface area (Å²) in [6.45, 7) is 0. The van der Waals surface area contributed by atoms with E-state index in [9.17, 15) is 10.1 Å². The summed E-state index contributed by atoms with van der Waals surface area (Å²) < 4.78 is 0.618. The van der Waals surface area contributed by atoms with Crippen molar-refractivity contribution < 1.29 is 4.92 Å². The van der Waals surface area contributed by atoms with Crippen LogP contribution in [0.2, 0.25) is 0 Å². The second kappa shape index (κ2) is 3.36. The number of halogens is 2. The second-order valence-corrected chi connectivity index (χ2v) is 3.58. The molecule has 0 aromatic rings. The topological polar surface area (TPSA) is 43.1 Å². The molecule has 0 bridgehead atoms. The van der Waals surface area contributed by atoms with E-state index in [4.69, 9.17) is 11.6 Å². The zero-order chi connectivity index (χ0) is 8.43. The Morgan fingerprint density at radius 2 is 2.27 bits per heavy atom. The molecule has 0 saturated heterocycles. The number of rotatable bonds is 1. The van der Waals surface area contributed by atoms with Gasteiger partial charge in [0.25, 0.3) is 5.70 Å². The first-order chi connectivity index (χ1) is 5.11. The SMILES string of the molecule is O=[N+]([O-])C1=C(Br)CCC(Cl)=C1. The molecular weight excluding hydrogens is 233 g/mol. The number of allylic oxidation sites excluding steroid dienone is 3. The van der Waals surface area contributed by atoms with Gasteiger partial charge in [-0.15, -0.1) is 0 Å². The summed E-state index contributed by atoms with van der Waals surface area (Å²) in [6, 6.07) is 0. The van der Waals surface area contributed by atoms with Crippen LogP contribution in [-0.2, 0) is 0 Å². The van der Waals surface area contributed by atoms with E-state index in [1.165, 1.54) is 6.08 Å². The van der Waals surface area contributed by atoms with Crippen molar-refractivity contribution in [1.82, 2.24) is 0 Å². The second-order valence-electron chi connectivity index (χ2n) is 2.14. The van der Waals surface area contributed by atoms with Crippen molar-refractivity contribution in [3.05, 3.63) is 31.4 Å². The molecule has 0 aromatic carbocycles. The van der Waals surface area contributed by atoms with E-state index in [-0.39, 0.29) is 5.70 Å². The Bertz CT molecular complexity index is 259. The molecule has 1 aliphatic rings. The smallest absolute Gasteiger partial charge is 0.258 e. The zero-order valence-corrected chi connectivity index (χ0v) is 7.85. The number of hydrogen-bond acceptors (Lipinski definition) is 2. The minimum atomic E-state index is -0.439. The van der Waals surface area contributed by atoms with Crippen molar-refractivity contribution in [3.63, 3.8) is 0 Å². The monoisotopic (exact) mass is 237 g/mol. The maximum absolute atomic E-state index is 10.3. The van der Waals surface area contributed by atoms with Crippen LogP contribution >= 0.6 is 27.5 Å². The van der Waals surface area contributed by atoms with E-state index >= 15 is 0 Å². The molecule has 0 radical (unpaired) electrons. The predicted molar refractivity (Wildman–Crippen MR) is 46.1 cm³/mol. The van der Waals surface area contributed by atoms with E-state index in [0.29, 0.717) is 22.4 Å². The Balaban J connectivity index is 2.98. The first-order valence-electron chi connectivity index (χ1n) is 3.00. The third-order valence-electron chi connectivity index (χ3n) is 1.35. The maximum Gasteiger partial charge on any atom is 0.280 e.